The van der Waals surface area contributed by atoms with Gasteiger partial charge in [-0.05, 0) is 34.4 Å². The molecule has 1 aliphatic rings. The number of amides is 1. The number of nitrogens with zero attached hydrogens (tertiary/aromatic N) is 1. The summed E-state index contributed by atoms with van der Waals surface area (Å²) in [5.41, 5.74) is 2.44. The van der Waals surface area contributed by atoms with Gasteiger partial charge in [-0.15, -0.1) is 0 Å². The normalized spacial score (nSPS) is 18.2. The van der Waals surface area contributed by atoms with Crippen molar-refractivity contribution in [2.45, 2.75) is 25.6 Å². The van der Waals surface area contributed by atoms with Crippen LogP contribution in [0, 0.1) is 0 Å². The SMILES string of the molecule is O=C(COCc1ccccc1)NC1CCN(Cc2ccsc2)C1. The van der Waals surface area contributed by atoms with Gasteiger partial charge in [0.05, 0.1) is 6.61 Å². The van der Waals surface area contributed by atoms with E-state index in [-0.39, 0.29) is 18.6 Å². The van der Waals surface area contributed by atoms with Gasteiger partial charge in [0.15, 0.2) is 0 Å². The van der Waals surface area contributed by atoms with E-state index in [0.29, 0.717) is 6.61 Å². The van der Waals surface area contributed by atoms with E-state index in [1.165, 1.54) is 5.56 Å². The monoisotopic (exact) mass is 330 g/mol. The molecular weight excluding hydrogens is 308 g/mol. The molecule has 23 heavy (non-hydrogen) atoms. The third-order valence-electron chi connectivity index (χ3n) is 3.97. The number of likely N-dealkylation sites (tertiary alicyclic amines) is 1. The summed E-state index contributed by atoms with van der Waals surface area (Å²) in [6.45, 7) is 3.52. The minimum absolute atomic E-state index is 0.0247. The predicted molar refractivity (Wildman–Crippen MR) is 92.2 cm³/mol. The molecule has 0 radical (unpaired) electrons. The van der Waals surface area contributed by atoms with Gasteiger partial charge in [0.1, 0.15) is 6.61 Å². The fraction of sp³-hybridized carbons (Fsp3) is 0.389. The molecular formula is C18H22N2O2S. The van der Waals surface area contributed by atoms with Gasteiger partial charge < -0.3 is 10.1 Å². The lowest BCUT2D eigenvalue weighted by Gasteiger charge is -2.16. The first-order chi connectivity index (χ1) is 11.3. The second-order valence-corrected chi connectivity index (χ2v) is 6.68. The number of carbonyl (C=O) groups is 1. The Balaban J connectivity index is 1.34. The molecule has 1 saturated heterocycles. The quantitative estimate of drug-likeness (QED) is 0.848. The van der Waals surface area contributed by atoms with Crippen molar-refractivity contribution < 1.29 is 9.53 Å². The first kappa shape index (κ1) is 16.2. The van der Waals surface area contributed by atoms with E-state index in [9.17, 15) is 4.79 Å². The molecule has 4 nitrogen and oxygen atoms in total. The first-order valence-corrected chi connectivity index (χ1v) is 8.88. The summed E-state index contributed by atoms with van der Waals surface area (Å²) in [6, 6.07) is 12.3. The summed E-state index contributed by atoms with van der Waals surface area (Å²) in [7, 11) is 0. The van der Waals surface area contributed by atoms with Crippen LogP contribution >= 0.6 is 11.3 Å². The first-order valence-electron chi connectivity index (χ1n) is 7.94. The van der Waals surface area contributed by atoms with E-state index in [1.54, 1.807) is 11.3 Å². The van der Waals surface area contributed by atoms with Gasteiger partial charge in [-0.2, -0.15) is 11.3 Å². The molecule has 2 aromatic rings. The summed E-state index contributed by atoms with van der Waals surface area (Å²) in [5, 5.41) is 7.36. The number of benzene rings is 1. The molecule has 1 N–H and O–H groups in total. The highest BCUT2D eigenvalue weighted by Crippen LogP contribution is 2.15. The van der Waals surface area contributed by atoms with E-state index in [4.69, 9.17) is 4.74 Å². The molecule has 0 aliphatic carbocycles. The van der Waals surface area contributed by atoms with Crippen LogP contribution in [0.25, 0.3) is 0 Å². The molecule has 2 heterocycles. The van der Waals surface area contributed by atoms with Gasteiger partial charge in [-0.3, -0.25) is 9.69 Å². The standard InChI is InChI=1S/C18H22N2O2S/c21-18(13-22-12-15-4-2-1-3-5-15)19-17-6-8-20(11-17)10-16-7-9-23-14-16/h1-5,7,9,14,17H,6,8,10-13H2,(H,19,21). The van der Waals surface area contributed by atoms with Gasteiger partial charge in [0.2, 0.25) is 5.91 Å². The van der Waals surface area contributed by atoms with Crippen LogP contribution in [-0.2, 0) is 22.7 Å². The van der Waals surface area contributed by atoms with Crippen molar-refractivity contribution in [3.63, 3.8) is 0 Å². The zero-order valence-corrected chi connectivity index (χ0v) is 13.9. The molecule has 122 valence electrons. The molecule has 1 aromatic heterocycles. The molecule has 0 saturated carbocycles. The van der Waals surface area contributed by atoms with Gasteiger partial charge in [0.25, 0.3) is 0 Å². The van der Waals surface area contributed by atoms with Crippen LogP contribution in [-0.4, -0.2) is 36.5 Å². The van der Waals surface area contributed by atoms with E-state index < -0.39 is 0 Å². The van der Waals surface area contributed by atoms with Crippen molar-refractivity contribution in [3.8, 4) is 0 Å². The number of hydrogen-bond acceptors (Lipinski definition) is 4. The largest absolute Gasteiger partial charge is 0.367 e. The van der Waals surface area contributed by atoms with E-state index in [0.717, 1.165) is 31.6 Å². The number of hydrogen-bond donors (Lipinski definition) is 1. The highest BCUT2D eigenvalue weighted by atomic mass is 32.1. The van der Waals surface area contributed by atoms with Crippen LogP contribution in [0.15, 0.2) is 47.2 Å². The highest BCUT2D eigenvalue weighted by Gasteiger charge is 2.23. The van der Waals surface area contributed by atoms with Gasteiger partial charge in [-0.1, -0.05) is 30.3 Å². The Hall–Kier alpha value is -1.69. The molecule has 1 aliphatic heterocycles. The third-order valence-corrected chi connectivity index (χ3v) is 4.70. The third kappa shape index (κ3) is 5.16. The number of carbonyl (C=O) groups excluding carboxylic acids is 1. The number of ether oxygens (including phenoxy) is 1. The number of rotatable bonds is 7. The maximum absolute atomic E-state index is 12.0. The molecule has 1 aromatic carbocycles. The minimum atomic E-state index is -0.0247. The van der Waals surface area contributed by atoms with Gasteiger partial charge in [0, 0.05) is 25.7 Å². The lowest BCUT2D eigenvalue weighted by Crippen LogP contribution is -2.38. The molecule has 1 fully saturated rings. The lowest BCUT2D eigenvalue weighted by molar-refractivity contribution is -0.126. The second-order valence-electron chi connectivity index (χ2n) is 5.90. The molecule has 3 rings (SSSR count). The average Bonchev–Trinajstić information content (AvgIpc) is 3.21. The predicted octanol–water partition coefficient (Wildman–Crippen LogP) is 2.66. The smallest absolute Gasteiger partial charge is 0.246 e. The molecule has 5 heteroatoms. The fourth-order valence-corrected chi connectivity index (χ4v) is 3.50. The molecule has 1 atom stereocenters. The van der Waals surface area contributed by atoms with Crippen LogP contribution in [0.5, 0.6) is 0 Å². The molecule has 1 amide bonds. The maximum Gasteiger partial charge on any atom is 0.246 e. The van der Waals surface area contributed by atoms with Crippen molar-refractivity contribution in [2.75, 3.05) is 19.7 Å². The minimum Gasteiger partial charge on any atom is -0.367 e. The Morgan fingerprint density at radius 1 is 1.26 bits per heavy atom. The molecule has 0 bridgehead atoms. The Morgan fingerprint density at radius 2 is 2.13 bits per heavy atom. The zero-order valence-electron chi connectivity index (χ0n) is 13.1. The lowest BCUT2D eigenvalue weighted by atomic mass is 10.2. The topological polar surface area (TPSA) is 41.6 Å². The Bertz CT molecular complexity index is 601. The average molecular weight is 330 g/mol. The Kier molecular flexibility index (Phi) is 5.80. The van der Waals surface area contributed by atoms with Crippen LogP contribution < -0.4 is 5.32 Å². The van der Waals surface area contributed by atoms with Crippen molar-refractivity contribution >= 4 is 17.2 Å². The highest BCUT2D eigenvalue weighted by molar-refractivity contribution is 7.07. The van der Waals surface area contributed by atoms with Crippen LogP contribution in [0.4, 0.5) is 0 Å². The summed E-state index contributed by atoms with van der Waals surface area (Å²) >= 11 is 1.73. The van der Waals surface area contributed by atoms with Gasteiger partial charge >= 0.3 is 0 Å². The van der Waals surface area contributed by atoms with Crippen molar-refractivity contribution in [1.29, 1.82) is 0 Å². The molecule has 1 unspecified atom stereocenters. The van der Waals surface area contributed by atoms with Crippen molar-refractivity contribution in [1.82, 2.24) is 10.2 Å². The Labute approximate surface area is 141 Å². The van der Waals surface area contributed by atoms with E-state index >= 15 is 0 Å². The van der Waals surface area contributed by atoms with Crippen LogP contribution in [0.2, 0.25) is 0 Å². The van der Waals surface area contributed by atoms with Crippen LogP contribution in [0.3, 0.4) is 0 Å². The number of thiophene rings is 1. The second kappa shape index (κ2) is 8.24. The summed E-state index contributed by atoms with van der Waals surface area (Å²) in [6.07, 6.45) is 1.01. The summed E-state index contributed by atoms with van der Waals surface area (Å²) in [4.78, 5) is 14.3. The summed E-state index contributed by atoms with van der Waals surface area (Å²) in [5.74, 6) is -0.0247. The molecule has 0 spiro atoms. The van der Waals surface area contributed by atoms with Gasteiger partial charge in [-0.25, -0.2) is 0 Å². The van der Waals surface area contributed by atoms with Crippen molar-refractivity contribution in [2.24, 2.45) is 0 Å². The number of nitrogens with one attached hydrogen (secondary N) is 1. The fourth-order valence-electron chi connectivity index (χ4n) is 2.84. The zero-order chi connectivity index (χ0) is 15.9. The maximum atomic E-state index is 12.0. The van der Waals surface area contributed by atoms with Crippen LogP contribution in [0.1, 0.15) is 17.5 Å². The Morgan fingerprint density at radius 3 is 2.91 bits per heavy atom. The van der Waals surface area contributed by atoms with Crippen molar-refractivity contribution in [3.05, 3.63) is 58.3 Å². The summed E-state index contributed by atoms with van der Waals surface area (Å²) < 4.78 is 5.48. The van der Waals surface area contributed by atoms with E-state index in [1.807, 2.05) is 30.3 Å². The van der Waals surface area contributed by atoms with E-state index in [2.05, 4.69) is 27.0 Å².